The number of nitrogens with zero attached hydrogens (tertiary/aromatic N) is 2. The van der Waals surface area contributed by atoms with Crippen molar-refractivity contribution in [3.05, 3.63) is 52.6 Å². The zero-order valence-corrected chi connectivity index (χ0v) is 16.0. The smallest absolute Gasteiger partial charge is 0.259 e. The van der Waals surface area contributed by atoms with Crippen molar-refractivity contribution in [1.29, 1.82) is 0 Å². The number of likely N-dealkylation sites (tertiary alicyclic amines) is 1. The van der Waals surface area contributed by atoms with Crippen LogP contribution in [0.4, 0.5) is 0 Å². The molecule has 4 rings (SSSR count). The highest BCUT2D eigenvalue weighted by atomic mass is 32.1. The summed E-state index contributed by atoms with van der Waals surface area (Å²) >= 11 is 1.54. The van der Waals surface area contributed by atoms with E-state index in [9.17, 15) is 9.59 Å². The first-order valence-electron chi connectivity index (χ1n) is 9.16. The molecule has 3 aromatic rings. The summed E-state index contributed by atoms with van der Waals surface area (Å²) in [6, 6.07) is 12.1. The van der Waals surface area contributed by atoms with Crippen molar-refractivity contribution in [2.24, 2.45) is 0 Å². The van der Waals surface area contributed by atoms with Crippen LogP contribution in [0.3, 0.4) is 0 Å². The van der Waals surface area contributed by atoms with Crippen LogP contribution in [0.1, 0.15) is 25.6 Å². The van der Waals surface area contributed by atoms with Crippen molar-refractivity contribution in [3.8, 4) is 10.4 Å². The summed E-state index contributed by atoms with van der Waals surface area (Å²) in [6.07, 6.45) is 2.01. The minimum absolute atomic E-state index is 0.00169. The lowest BCUT2D eigenvalue weighted by atomic mass is 10.1. The van der Waals surface area contributed by atoms with Gasteiger partial charge in [-0.2, -0.15) is 0 Å². The monoisotopic (exact) mass is 382 g/mol. The van der Waals surface area contributed by atoms with Crippen LogP contribution in [-0.4, -0.2) is 39.9 Å². The van der Waals surface area contributed by atoms with Crippen LogP contribution in [0.2, 0.25) is 0 Å². The molecule has 0 spiro atoms. The van der Waals surface area contributed by atoms with Gasteiger partial charge in [0, 0.05) is 24.4 Å². The summed E-state index contributed by atoms with van der Waals surface area (Å²) in [5, 5.41) is 3.63. The summed E-state index contributed by atoms with van der Waals surface area (Å²) in [4.78, 5) is 35.5. The number of rotatable bonds is 4. The summed E-state index contributed by atoms with van der Waals surface area (Å²) in [5.74, 6) is 0.680. The number of H-pyrrole nitrogens is 1. The standard InChI is InChI=1S/C20H22N4O2S/c1-13(25)21-15-8-5-9-24(11-15)12-18-22-19(26)16-10-17(27-20(16)23-18)14-6-3-2-4-7-14/h2-4,6-7,10,15H,5,8-9,11-12H2,1H3,(H,21,25)(H,22,23,26). The third kappa shape index (κ3) is 4.09. The van der Waals surface area contributed by atoms with Gasteiger partial charge in [-0.05, 0) is 31.0 Å². The van der Waals surface area contributed by atoms with Crippen molar-refractivity contribution < 1.29 is 4.79 Å². The fourth-order valence-corrected chi connectivity index (χ4v) is 4.67. The van der Waals surface area contributed by atoms with Crippen LogP contribution >= 0.6 is 11.3 Å². The number of fused-ring (bicyclic) bond motifs is 1. The molecule has 7 heteroatoms. The molecule has 1 fully saturated rings. The van der Waals surface area contributed by atoms with Gasteiger partial charge in [-0.25, -0.2) is 4.98 Å². The largest absolute Gasteiger partial charge is 0.352 e. The average Bonchev–Trinajstić information content (AvgIpc) is 3.07. The second-order valence-electron chi connectivity index (χ2n) is 6.98. The van der Waals surface area contributed by atoms with E-state index in [2.05, 4.69) is 15.2 Å². The molecule has 2 N–H and O–H groups in total. The fourth-order valence-electron chi connectivity index (χ4n) is 3.61. The van der Waals surface area contributed by atoms with Gasteiger partial charge in [0.15, 0.2) is 0 Å². The van der Waals surface area contributed by atoms with Crippen LogP contribution < -0.4 is 10.9 Å². The predicted octanol–water partition coefficient (Wildman–Crippen LogP) is 2.75. The van der Waals surface area contributed by atoms with Gasteiger partial charge >= 0.3 is 0 Å². The molecule has 3 heterocycles. The molecular formula is C20H22N4O2S. The molecule has 1 aliphatic rings. The Hall–Kier alpha value is -2.51. The number of carbonyl (C=O) groups excluding carboxylic acids is 1. The zero-order chi connectivity index (χ0) is 18.8. The number of hydrogen-bond acceptors (Lipinski definition) is 5. The minimum Gasteiger partial charge on any atom is -0.352 e. The van der Waals surface area contributed by atoms with E-state index in [-0.39, 0.29) is 17.5 Å². The van der Waals surface area contributed by atoms with E-state index in [0.29, 0.717) is 17.8 Å². The minimum atomic E-state index is -0.0937. The molecule has 1 amide bonds. The van der Waals surface area contributed by atoms with Crippen molar-refractivity contribution in [1.82, 2.24) is 20.2 Å². The molecule has 2 aromatic heterocycles. The lowest BCUT2D eigenvalue weighted by molar-refractivity contribution is -0.120. The van der Waals surface area contributed by atoms with Crippen molar-refractivity contribution in [2.45, 2.75) is 32.4 Å². The second-order valence-corrected chi connectivity index (χ2v) is 8.01. The SMILES string of the molecule is CC(=O)NC1CCCN(Cc2nc3sc(-c4ccccc4)cc3c(=O)[nH]2)C1. The summed E-state index contributed by atoms with van der Waals surface area (Å²) < 4.78 is 0. The molecule has 1 unspecified atom stereocenters. The Kier molecular flexibility index (Phi) is 5.05. The van der Waals surface area contributed by atoms with E-state index in [4.69, 9.17) is 4.98 Å². The maximum Gasteiger partial charge on any atom is 0.259 e. The predicted molar refractivity (Wildman–Crippen MR) is 108 cm³/mol. The third-order valence-electron chi connectivity index (χ3n) is 4.80. The Morgan fingerprint density at radius 1 is 1.37 bits per heavy atom. The zero-order valence-electron chi connectivity index (χ0n) is 15.2. The van der Waals surface area contributed by atoms with Crippen LogP contribution in [0.5, 0.6) is 0 Å². The Labute approximate surface area is 161 Å². The maximum absolute atomic E-state index is 12.5. The number of nitrogens with one attached hydrogen (secondary N) is 2. The van der Waals surface area contributed by atoms with E-state index < -0.39 is 0 Å². The highest BCUT2D eigenvalue weighted by Crippen LogP contribution is 2.30. The molecule has 1 aliphatic heterocycles. The molecule has 0 saturated carbocycles. The van der Waals surface area contributed by atoms with Gasteiger partial charge in [0.25, 0.3) is 5.56 Å². The number of hydrogen-bond donors (Lipinski definition) is 2. The van der Waals surface area contributed by atoms with Crippen molar-refractivity contribution in [3.63, 3.8) is 0 Å². The van der Waals surface area contributed by atoms with E-state index in [0.717, 1.165) is 41.2 Å². The number of thiophene rings is 1. The van der Waals surface area contributed by atoms with Crippen LogP contribution in [0, 0.1) is 0 Å². The highest BCUT2D eigenvalue weighted by Gasteiger charge is 2.21. The van der Waals surface area contributed by atoms with Crippen molar-refractivity contribution in [2.75, 3.05) is 13.1 Å². The molecular weight excluding hydrogens is 360 g/mol. The number of aromatic nitrogens is 2. The van der Waals surface area contributed by atoms with E-state index in [1.54, 1.807) is 18.3 Å². The van der Waals surface area contributed by atoms with Crippen LogP contribution in [-0.2, 0) is 11.3 Å². The van der Waals surface area contributed by atoms with E-state index in [1.165, 1.54) is 0 Å². The van der Waals surface area contributed by atoms with Gasteiger partial charge in [-0.3, -0.25) is 14.5 Å². The molecule has 0 radical (unpaired) electrons. The Morgan fingerprint density at radius 3 is 2.96 bits per heavy atom. The Morgan fingerprint density at radius 2 is 2.19 bits per heavy atom. The molecule has 1 saturated heterocycles. The molecule has 0 aliphatic carbocycles. The summed E-state index contributed by atoms with van der Waals surface area (Å²) in [7, 11) is 0. The van der Waals surface area contributed by atoms with Crippen LogP contribution in [0.25, 0.3) is 20.7 Å². The quantitative estimate of drug-likeness (QED) is 0.727. The highest BCUT2D eigenvalue weighted by molar-refractivity contribution is 7.21. The number of amides is 1. The van der Waals surface area contributed by atoms with Gasteiger partial charge < -0.3 is 10.3 Å². The van der Waals surface area contributed by atoms with Gasteiger partial charge in [-0.15, -0.1) is 11.3 Å². The van der Waals surface area contributed by atoms with Crippen molar-refractivity contribution >= 4 is 27.5 Å². The lowest BCUT2D eigenvalue weighted by Crippen LogP contribution is -2.47. The van der Waals surface area contributed by atoms with Crippen LogP contribution in [0.15, 0.2) is 41.2 Å². The topological polar surface area (TPSA) is 78.1 Å². The number of piperidine rings is 1. The summed E-state index contributed by atoms with van der Waals surface area (Å²) in [6.45, 7) is 3.85. The van der Waals surface area contributed by atoms with Gasteiger partial charge in [0.2, 0.25) is 5.91 Å². The first kappa shape index (κ1) is 17.9. The fraction of sp³-hybridized carbons (Fsp3) is 0.350. The second kappa shape index (κ2) is 7.62. The normalized spacial score (nSPS) is 17.9. The van der Waals surface area contributed by atoms with E-state index >= 15 is 0 Å². The van der Waals surface area contributed by atoms with Gasteiger partial charge in [-0.1, -0.05) is 30.3 Å². The molecule has 6 nitrogen and oxygen atoms in total. The van der Waals surface area contributed by atoms with Gasteiger partial charge in [0.1, 0.15) is 10.7 Å². The van der Waals surface area contributed by atoms with E-state index in [1.807, 2.05) is 36.4 Å². The Balaban J connectivity index is 1.56. The lowest BCUT2D eigenvalue weighted by Gasteiger charge is -2.32. The average molecular weight is 382 g/mol. The molecule has 1 atom stereocenters. The first-order valence-corrected chi connectivity index (χ1v) is 9.98. The molecule has 27 heavy (non-hydrogen) atoms. The number of benzene rings is 1. The maximum atomic E-state index is 12.5. The summed E-state index contributed by atoms with van der Waals surface area (Å²) in [5.41, 5.74) is 1.000. The number of aromatic amines is 1. The van der Waals surface area contributed by atoms with Gasteiger partial charge in [0.05, 0.1) is 11.9 Å². The molecule has 1 aromatic carbocycles. The number of carbonyl (C=O) groups is 1. The first-order chi connectivity index (χ1) is 13.1. The Bertz CT molecular complexity index is 1010. The molecule has 0 bridgehead atoms. The molecule has 140 valence electrons. The third-order valence-corrected chi connectivity index (χ3v) is 5.87.